The van der Waals surface area contributed by atoms with Crippen molar-refractivity contribution in [3.8, 4) is 5.75 Å². The van der Waals surface area contributed by atoms with Crippen LogP contribution in [0.3, 0.4) is 0 Å². The largest absolute Gasteiger partial charge is 0.491 e. The van der Waals surface area contributed by atoms with Gasteiger partial charge in [-0.3, -0.25) is 4.79 Å². The molecule has 0 spiro atoms. The number of carbonyl (C=O) groups excluding carboxylic acids is 1. The van der Waals surface area contributed by atoms with Crippen LogP contribution < -0.4 is 10.1 Å². The summed E-state index contributed by atoms with van der Waals surface area (Å²) < 4.78 is 5.63. The number of urea groups is 1. The van der Waals surface area contributed by atoms with Crippen LogP contribution in [0.1, 0.15) is 46.1 Å². The molecule has 0 aromatic heterocycles. The van der Waals surface area contributed by atoms with Crippen LogP contribution in [0.15, 0.2) is 24.3 Å². The van der Waals surface area contributed by atoms with Gasteiger partial charge in [-0.1, -0.05) is 12.1 Å². The molecule has 6 nitrogen and oxygen atoms in total. The number of aryl methyl sites for hydroxylation is 1. The van der Waals surface area contributed by atoms with Gasteiger partial charge in [0.2, 0.25) is 0 Å². The van der Waals surface area contributed by atoms with E-state index < -0.39 is 11.4 Å². The number of hydrogen-bond acceptors (Lipinski definition) is 3. The number of carbonyl (C=O) groups is 2. The molecule has 1 fully saturated rings. The standard InChI is InChI=1S/C20H30N2O4/c1-14(2)26-17-9-7-16(8-10-17)6-5-15(3)21-19(25)22-12-11-20(4,13-22)18(23)24/h7-10,14-15H,5-6,11-13H2,1-4H3,(H,21,25)(H,23,24). The summed E-state index contributed by atoms with van der Waals surface area (Å²) in [6.45, 7) is 8.41. The van der Waals surface area contributed by atoms with Gasteiger partial charge in [-0.05, 0) is 64.7 Å². The lowest BCUT2D eigenvalue weighted by atomic mass is 9.90. The van der Waals surface area contributed by atoms with E-state index in [9.17, 15) is 14.7 Å². The Morgan fingerprint density at radius 1 is 1.27 bits per heavy atom. The molecule has 2 atom stereocenters. The Balaban J connectivity index is 1.77. The predicted molar refractivity (Wildman–Crippen MR) is 100 cm³/mol. The number of likely N-dealkylation sites (tertiary alicyclic amines) is 1. The first kappa shape index (κ1) is 20.1. The smallest absolute Gasteiger partial charge is 0.317 e. The van der Waals surface area contributed by atoms with E-state index in [1.165, 1.54) is 5.56 Å². The number of nitrogens with zero attached hydrogens (tertiary/aromatic N) is 1. The molecule has 1 aliphatic heterocycles. The first-order valence-corrected chi connectivity index (χ1v) is 9.24. The highest BCUT2D eigenvalue weighted by Crippen LogP contribution is 2.30. The van der Waals surface area contributed by atoms with Crippen LogP contribution in [0.25, 0.3) is 0 Å². The Bertz CT molecular complexity index is 629. The van der Waals surface area contributed by atoms with Crippen LogP contribution in [-0.4, -0.2) is 47.2 Å². The zero-order valence-electron chi connectivity index (χ0n) is 16.1. The van der Waals surface area contributed by atoms with Crippen LogP contribution in [0, 0.1) is 5.41 Å². The predicted octanol–water partition coefficient (Wildman–Crippen LogP) is 3.30. The van der Waals surface area contributed by atoms with Crippen molar-refractivity contribution >= 4 is 12.0 Å². The monoisotopic (exact) mass is 362 g/mol. The van der Waals surface area contributed by atoms with Gasteiger partial charge in [-0.25, -0.2) is 4.79 Å². The van der Waals surface area contributed by atoms with Crippen LogP contribution in [0.5, 0.6) is 5.75 Å². The first-order valence-electron chi connectivity index (χ1n) is 9.24. The number of amides is 2. The van der Waals surface area contributed by atoms with E-state index in [4.69, 9.17) is 4.74 Å². The fourth-order valence-electron chi connectivity index (χ4n) is 3.07. The lowest BCUT2D eigenvalue weighted by Crippen LogP contribution is -2.44. The maximum absolute atomic E-state index is 12.3. The topological polar surface area (TPSA) is 78.9 Å². The van der Waals surface area contributed by atoms with Crippen molar-refractivity contribution in [1.82, 2.24) is 10.2 Å². The fraction of sp³-hybridized carbons (Fsp3) is 0.600. The fourth-order valence-corrected chi connectivity index (χ4v) is 3.07. The second kappa shape index (κ2) is 8.43. The Labute approximate surface area is 155 Å². The van der Waals surface area contributed by atoms with Gasteiger partial charge in [0.15, 0.2) is 0 Å². The van der Waals surface area contributed by atoms with Gasteiger partial charge in [0.25, 0.3) is 0 Å². The molecule has 0 bridgehead atoms. The summed E-state index contributed by atoms with van der Waals surface area (Å²) >= 11 is 0. The minimum absolute atomic E-state index is 0.0192. The molecule has 1 aromatic rings. The highest BCUT2D eigenvalue weighted by atomic mass is 16.5. The summed E-state index contributed by atoms with van der Waals surface area (Å²) in [4.78, 5) is 25.2. The Hall–Kier alpha value is -2.24. The van der Waals surface area contributed by atoms with E-state index in [1.807, 2.05) is 45.0 Å². The molecule has 0 saturated carbocycles. The van der Waals surface area contributed by atoms with E-state index in [2.05, 4.69) is 5.32 Å². The van der Waals surface area contributed by atoms with Crippen LogP contribution in [0.4, 0.5) is 4.79 Å². The number of nitrogens with one attached hydrogen (secondary N) is 1. The zero-order chi connectivity index (χ0) is 19.3. The number of carboxylic acids is 1. The average molecular weight is 362 g/mol. The van der Waals surface area contributed by atoms with Crippen molar-refractivity contribution in [3.63, 3.8) is 0 Å². The summed E-state index contributed by atoms with van der Waals surface area (Å²) in [5.41, 5.74) is 0.363. The highest BCUT2D eigenvalue weighted by Gasteiger charge is 2.42. The van der Waals surface area contributed by atoms with Crippen molar-refractivity contribution in [1.29, 1.82) is 0 Å². The van der Waals surface area contributed by atoms with Crippen molar-refractivity contribution < 1.29 is 19.4 Å². The third-order valence-electron chi connectivity index (χ3n) is 4.81. The Kier molecular flexibility index (Phi) is 6.51. The summed E-state index contributed by atoms with van der Waals surface area (Å²) in [6.07, 6.45) is 2.33. The third kappa shape index (κ3) is 5.38. The SMILES string of the molecule is CC(CCc1ccc(OC(C)C)cc1)NC(=O)N1CCC(C)(C(=O)O)C1. The maximum Gasteiger partial charge on any atom is 0.317 e. The second-order valence-corrected chi connectivity index (χ2v) is 7.74. The normalized spacial score (nSPS) is 20.9. The van der Waals surface area contributed by atoms with Crippen molar-refractivity contribution in [3.05, 3.63) is 29.8 Å². The van der Waals surface area contributed by atoms with Gasteiger partial charge in [0, 0.05) is 19.1 Å². The van der Waals surface area contributed by atoms with Gasteiger partial charge in [0.1, 0.15) is 5.75 Å². The number of hydrogen-bond donors (Lipinski definition) is 2. The van der Waals surface area contributed by atoms with Gasteiger partial charge in [0.05, 0.1) is 11.5 Å². The molecule has 2 amide bonds. The maximum atomic E-state index is 12.3. The molecule has 26 heavy (non-hydrogen) atoms. The molecule has 1 aromatic carbocycles. The number of rotatable bonds is 7. The van der Waals surface area contributed by atoms with Gasteiger partial charge in [-0.2, -0.15) is 0 Å². The summed E-state index contributed by atoms with van der Waals surface area (Å²) in [6, 6.07) is 7.87. The quantitative estimate of drug-likeness (QED) is 0.780. The number of benzene rings is 1. The van der Waals surface area contributed by atoms with E-state index >= 15 is 0 Å². The second-order valence-electron chi connectivity index (χ2n) is 7.74. The first-order chi connectivity index (χ1) is 12.2. The molecule has 6 heteroatoms. The molecule has 0 aliphatic carbocycles. The lowest BCUT2D eigenvalue weighted by molar-refractivity contribution is -0.147. The Morgan fingerprint density at radius 2 is 1.92 bits per heavy atom. The molecule has 1 aliphatic rings. The molecular weight excluding hydrogens is 332 g/mol. The minimum atomic E-state index is -0.842. The summed E-state index contributed by atoms with van der Waals surface area (Å²) in [5, 5.41) is 12.2. The molecule has 2 unspecified atom stereocenters. The summed E-state index contributed by atoms with van der Waals surface area (Å²) in [5.74, 6) is 0.0198. The molecule has 0 radical (unpaired) electrons. The molecule has 144 valence electrons. The average Bonchev–Trinajstić information content (AvgIpc) is 2.98. The van der Waals surface area contributed by atoms with Crippen molar-refractivity contribution in [2.45, 2.75) is 59.1 Å². The van der Waals surface area contributed by atoms with Crippen LogP contribution in [-0.2, 0) is 11.2 Å². The lowest BCUT2D eigenvalue weighted by Gasteiger charge is -2.23. The van der Waals surface area contributed by atoms with E-state index in [0.29, 0.717) is 13.0 Å². The number of aliphatic carboxylic acids is 1. The highest BCUT2D eigenvalue weighted by molar-refractivity contribution is 5.79. The van der Waals surface area contributed by atoms with E-state index in [0.717, 1.165) is 18.6 Å². The van der Waals surface area contributed by atoms with Crippen LogP contribution in [0.2, 0.25) is 0 Å². The zero-order valence-corrected chi connectivity index (χ0v) is 16.1. The molecular formula is C20H30N2O4. The third-order valence-corrected chi connectivity index (χ3v) is 4.81. The van der Waals surface area contributed by atoms with Gasteiger partial charge < -0.3 is 20.1 Å². The van der Waals surface area contributed by atoms with Crippen molar-refractivity contribution in [2.24, 2.45) is 5.41 Å². The molecule has 1 heterocycles. The molecule has 2 N–H and O–H groups in total. The van der Waals surface area contributed by atoms with E-state index in [1.54, 1.807) is 11.8 Å². The van der Waals surface area contributed by atoms with E-state index in [-0.39, 0.29) is 24.7 Å². The van der Waals surface area contributed by atoms with Gasteiger partial charge >= 0.3 is 12.0 Å². The molecule has 1 saturated heterocycles. The number of ether oxygens (including phenoxy) is 1. The Morgan fingerprint density at radius 3 is 2.46 bits per heavy atom. The summed E-state index contributed by atoms with van der Waals surface area (Å²) in [7, 11) is 0. The molecule has 2 rings (SSSR count). The minimum Gasteiger partial charge on any atom is -0.491 e. The number of carboxylic acid groups (broad SMARTS) is 1. The van der Waals surface area contributed by atoms with Crippen LogP contribution >= 0.6 is 0 Å². The van der Waals surface area contributed by atoms with Crippen molar-refractivity contribution in [2.75, 3.05) is 13.1 Å². The van der Waals surface area contributed by atoms with Gasteiger partial charge in [-0.15, -0.1) is 0 Å².